The monoisotopic (exact) mass is 229 g/mol. The summed E-state index contributed by atoms with van der Waals surface area (Å²) in [5.74, 6) is 0. The van der Waals surface area contributed by atoms with Gasteiger partial charge in [-0.05, 0) is 26.3 Å². The molecule has 2 N–H and O–H groups in total. The van der Waals surface area contributed by atoms with Crippen LogP contribution in [0.3, 0.4) is 0 Å². The second-order valence-corrected chi connectivity index (χ2v) is 4.58. The average Bonchev–Trinajstić information content (AvgIpc) is 2.62. The van der Waals surface area contributed by atoms with E-state index in [1.807, 2.05) is 13.3 Å². The van der Waals surface area contributed by atoms with Crippen LogP contribution in [0.15, 0.2) is 30.6 Å². The lowest BCUT2D eigenvalue weighted by atomic mass is 10.1. The van der Waals surface area contributed by atoms with Gasteiger partial charge in [0.15, 0.2) is 0 Å². The van der Waals surface area contributed by atoms with Crippen LogP contribution in [-0.4, -0.2) is 9.55 Å². The molecule has 17 heavy (non-hydrogen) atoms. The van der Waals surface area contributed by atoms with Crippen molar-refractivity contribution < 1.29 is 0 Å². The van der Waals surface area contributed by atoms with E-state index in [1.165, 1.54) is 16.8 Å². The Morgan fingerprint density at radius 3 is 2.35 bits per heavy atom. The smallest absolute Gasteiger partial charge is 0.0952 e. The molecule has 1 unspecified atom stereocenters. The van der Waals surface area contributed by atoms with Gasteiger partial charge in [-0.2, -0.15) is 0 Å². The third kappa shape index (κ3) is 2.56. The lowest BCUT2D eigenvalue weighted by Crippen LogP contribution is -2.17. The molecule has 0 aliphatic carbocycles. The van der Waals surface area contributed by atoms with Gasteiger partial charge in [0.2, 0.25) is 0 Å². The van der Waals surface area contributed by atoms with Gasteiger partial charge in [0.1, 0.15) is 0 Å². The third-order valence-electron chi connectivity index (χ3n) is 3.24. The van der Waals surface area contributed by atoms with E-state index in [2.05, 4.69) is 47.7 Å². The number of hydrogen-bond donors (Lipinski definition) is 1. The molecule has 0 bridgehead atoms. The molecular weight excluding hydrogens is 210 g/mol. The molecular formula is C14H19N3. The van der Waals surface area contributed by atoms with Crippen molar-refractivity contribution in [1.29, 1.82) is 0 Å². The van der Waals surface area contributed by atoms with E-state index in [9.17, 15) is 0 Å². The molecule has 0 aliphatic rings. The molecule has 3 nitrogen and oxygen atoms in total. The predicted molar refractivity (Wildman–Crippen MR) is 69.8 cm³/mol. The number of benzene rings is 1. The Kier molecular flexibility index (Phi) is 3.29. The fourth-order valence-corrected chi connectivity index (χ4v) is 1.86. The topological polar surface area (TPSA) is 43.8 Å². The number of nitrogens with zero attached hydrogens (tertiary/aromatic N) is 2. The molecule has 0 spiro atoms. The minimum Gasteiger partial charge on any atom is -0.333 e. The van der Waals surface area contributed by atoms with Crippen LogP contribution in [0.4, 0.5) is 0 Å². The highest BCUT2D eigenvalue weighted by Gasteiger charge is 2.09. The lowest BCUT2D eigenvalue weighted by Gasteiger charge is -2.14. The predicted octanol–water partition coefficient (Wildman–Crippen LogP) is 2.51. The van der Waals surface area contributed by atoms with Crippen molar-refractivity contribution in [2.75, 3.05) is 0 Å². The first kappa shape index (κ1) is 11.9. The minimum atomic E-state index is 0.0166. The summed E-state index contributed by atoms with van der Waals surface area (Å²) in [5.41, 5.74) is 10.9. The molecule has 0 amide bonds. The summed E-state index contributed by atoms with van der Waals surface area (Å²) in [6.07, 6.45) is 1.86. The van der Waals surface area contributed by atoms with Crippen LogP contribution in [0.1, 0.15) is 28.6 Å². The highest BCUT2D eigenvalue weighted by Crippen LogP contribution is 2.15. The standard InChI is InChI=1S/C14H19N3/c1-10-4-6-13(7-5-10)14(15)8-17-9-16-11(2)12(17)3/h4-7,9,14H,8,15H2,1-3H3. The molecule has 1 heterocycles. The fourth-order valence-electron chi connectivity index (χ4n) is 1.86. The molecule has 0 radical (unpaired) electrons. The largest absolute Gasteiger partial charge is 0.333 e. The molecule has 0 saturated heterocycles. The first-order valence-corrected chi connectivity index (χ1v) is 5.88. The summed E-state index contributed by atoms with van der Waals surface area (Å²) < 4.78 is 2.11. The van der Waals surface area contributed by atoms with Gasteiger partial charge in [0.05, 0.1) is 12.0 Å². The van der Waals surface area contributed by atoms with E-state index in [0.717, 1.165) is 12.2 Å². The first-order chi connectivity index (χ1) is 8.08. The molecule has 1 aromatic heterocycles. The Bertz CT molecular complexity index is 497. The van der Waals surface area contributed by atoms with Crippen LogP contribution in [0.25, 0.3) is 0 Å². The SMILES string of the molecule is Cc1ccc(C(N)Cn2cnc(C)c2C)cc1. The van der Waals surface area contributed by atoms with Gasteiger partial charge in [-0.15, -0.1) is 0 Å². The maximum atomic E-state index is 6.21. The van der Waals surface area contributed by atoms with E-state index >= 15 is 0 Å². The first-order valence-electron chi connectivity index (χ1n) is 5.88. The van der Waals surface area contributed by atoms with E-state index < -0.39 is 0 Å². The van der Waals surface area contributed by atoms with Crippen molar-refractivity contribution in [3.63, 3.8) is 0 Å². The number of hydrogen-bond acceptors (Lipinski definition) is 2. The number of imidazole rings is 1. The fraction of sp³-hybridized carbons (Fsp3) is 0.357. The number of nitrogens with two attached hydrogens (primary N) is 1. The van der Waals surface area contributed by atoms with Gasteiger partial charge in [0, 0.05) is 18.3 Å². The molecule has 0 fully saturated rings. The summed E-state index contributed by atoms with van der Waals surface area (Å²) in [7, 11) is 0. The Balaban J connectivity index is 2.14. The van der Waals surface area contributed by atoms with Crippen LogP contribution >= 0.6 is 0 Å². The minimum absolute atomic E-state index is 0.0166. The number of aromatic nitrogens is 2. The maximum absolute atomic E-state index is 6.21. The summed E-state index contributed by atoms with van der Waals surface area (Å²) in [6, 6.07) is 8.41. The van der Waals surface area contributed by atoms with Gasteiger partial charge >= 0.3 is 0 Å². The van der Waals surface area contributed by atoms with Gasteiger partial charge in [0.25, 0.3) is 0 Å². The molecule has 90 valence electrons. The van der Waals surface area contributed by atoms with E-state index in [4.69, 9.17) is 5.73 Å². The van der Waals surface area contributed by atoms with Crippen molar-refractivity contribution in [3.05, 3.63) is 53.1 Å². The van der Waals surface area contributed by atoms with Gasteiger partial charge < -0.3 is 10.3 Å². The van der Waals surface area contributed by atoms with E-state index in [0.29, 0.717) is 0 Å². The molecule has 0 saturated carbocycles. The summed E-state index contributed by atoms with van der Waals surface area (Å²) in [6.45, 7) is 6.95. The molecule has 1 aromatic carbocycles. The van der Waals surface area contributed by atoms with Crippen molar-refractivity contribution in [2.45, 2.75) is 33.4 Å². The third-order valence-corrected chi connectivity index (χ3v) is 3.24. The highest BCUT2D eigenvalue weighted by molar-refractivity contribution is 5.24. The Morgan fingerprint density at radius 2 is 1.82 bits per heavy atom. The van der Waals surface area contributed by atoms with E-state index in [1.54, 1.807) is 0 Å². The quantitative estimate of drug-likeness (QED) is 0.878. The van der Waals surface area contributed by atoms with Crippen molar-refractivity contribution in [2.24, 2.45) is 5.73 Å². The average molecular weight is 229 g/mol. The zero-order valence-electron chi connectivity index (χ0n) is 10.6. The number of rotatable bonds is 3. The Morgan fingerprint density at radius 1 is 1.18 bits per heavy atom. The summed E-state index contributed by atoms with van der Waals surface area (Å²) in [5, 5.41) is 0. The highest BCUT2D eigenvalue weighted by atomic mass is 15.1. The van der Waals surface area contributed by atoms with E-state index in [-0.39, 0.29) is 6.04 Å². The molecule has 3 heteroatoms. The van der Waals surface area contributed by atoms with Crippen LogP contribution < -0.4 is 5.73 Å². The van der Waals surface area contributed by atoms with Gasteiger partial charge in [-0.25, -0.2) is 4.98 Å². The van der Waals surface area contributed by atoms with Crippen LogP contribution in [0, 0.1) is 20.8 Å². The maximum Gasteiger partial charge on any atom is 0.0952 e. The second-order valence-electron chi connectivity index (χ2n) is 4.58. The summed E-state index contributed by atoms with van der Waals surface area (Å²) >= 11 is 0. The van der Waals surface area contributed by atoms with Gasteiger partial charge in [-0.3, -0.25) is 0 Å². The molecule has 2 aromatic rings. The Labute approximate surface area is 102 Å². The molecule has 2 rings (SSSR count). The molecule has 0 aliphatic heterocycles. The second kappa shape index (κ2) is 4.72. The Hall–Kier alpha value is -1.61. The number of aryl methyl sites for hydroxylation is 2. The molecule has 1 atom stereocenters. The van der Waals surface area contributed by atoms with Crippen LogP contribution in [-0.2, 0) is 6.54 Å². The zero-order chi connectivity index (χ0) is 12.4. The van der Waals surface area contributed by atoms with Crippen molar-refractivity contribution >= 4 is 0 Å². The van der Waals surface area contributed by atoms with Gasteiger partial charge in [-0.1, -0.05) is 29.8 Å². The summed E-state index contributed by atoms with van der Waals surface area (Å²) in [4.78, 5) is 4.28. The van der Waals surface area contributed by atoms with Crippen LogP contribution in [0.5, 0.6) is 0 Å². The zero-order valence-corrected chi connectivity index (χ0v) is 10.6. The van der Waals surface area contributed by atoms with Crippen molar-refractivity contribution in [1.82, 2.24) is 9.55 Å². The normalized spacial score (nSPS) is 12.7. The lowest BCUT2D eigenvalue weighted by molar-refractivity contribution is 0.566. The van der Waals surface area contributed by atoms with Crippen molar-refractivity contribution in [3.8, 4) is 0 Å². The van der Waals surface area contributed by atoms with Crippen LogP contribution in [0.2, 0.25) is 0 Å².